The Hall–Kier alpha value is -1.35. The van der Waals surface area contributed by atoms with Crippen molar-refractivity contribution in [1.29, 1.82) is 0 Å². The second kappa shape index (κ2) is 5.80. The van der Waals surface area contributed by atoms with Crippen molar-refractivity contribution >= 4 is 5.91 Å². The van der Waals surface area contributed by atoms with Crippen LogP contribution < -0.4 is 11.1 Å². The van der Waals surface area contributed by atoms with E-state index in [1.54, 1.807) is 0 Å². The van der Waals surface area contributed by atoms with E-state index in [1.807, 2.05) is 6.07 Å². The molecule has 1 unspecified atom stereocenters. The number of nitrogens with two attached hydrogens (primary N) is 1. The van der Waals surface area contributed by atoms with E-state index in [1.165, 1.54) is 32.1 Å². The highest BCUT2D eigenvalue weighted by Gasteiger charge is 2.34. The monoisotopic (exact) mass is 286 g/mol. The highest BCUT2D eigenvalue weighted by molar-refractivity contribution is 5.96. The Balaban J connectivity index is 1.90. The van der Waals surface area contributed by atoms with Gasteiger partial charge in [-0.05, 0) is 48.3 Å². The zero-order valence-electron chi connectivity index (χ0n) is 13.0. The summed E-state index contributed by atoms with van der Waals surface area (Å²) >= 11 is 0. The highest BCUT2D eigenvalue weighted by atomic mass is 16.1. The summed E-state index contributed by atoms with van der Waals surface area (Å²) in [6.45, 7) is 3.08. The molecular weight excluding hydrogens is 260 g/mol. The van der Waals surface area contributed by atoms with Crippen molar-refractivity contribution in [3.8, 4) is 0 Å². The number of nitrogens with one attached hydrogen (secondary N) is 1. The molecule has 0 spiro atoms. The first-order valence-electron chi connectivity index (χ1n) is 8.27. The van der Waals surface area contributed by atoms with Gasteiger partial charge in [0.15, 0.2) is 0 Å². The third-order valence-electron chi connectivity index (χ3n) is 5.39. The van der Waals surface area contributed by atoms with Gasteiger partial charge >= 0.3 is 0 Å². The van der Waals surface area contributed by atoms with E-state index in [2.05, 4.69) is 24.4 Å². The standard InChI is InChI=1S/C18H26N2O/c1-18(9-3-2-4-10-18)16(19)14-8-7-13-6-5-11-20-17(21)15(13)12-14/h7-8,12,16H,2-6,9-11,19H2,1H3,(H,20,21). The van der Waals surface area contributed by atoms with Crippen molar-refractivity contribution in [1.82, 2.24) is 5.32 Å². The molecule has 1 heterocycles. The van der Waals surface area contributed by atoms with Gasteiger partial charge in [-0.15, -0.1) is 0 Å². The third kappa shape index (κ3) is 2.84. The van der Waals surface area contributed by atoms with Gasteiger partial charge in [0.2, 0.25) is 0 Å². The molecule has 0 radical (unpaired) electrons. The fourth-order valence-corrected chi connectivity index (χ4v) is 3.87. The molecule has 21 heavy (non-hydrogen) atoms. The van der Waals surface area contributed by atoms with E-state index < -0.39 is 0 Å². The van der Waals surface area contributed by atoms with Crippen LogP contribution in [0.5, 0.6) is 0 Å². The molecule has 3 rings (SSSR count). The van der Waals surface area contributed by atoms with Gasteiger partial charge in [0, 0.05) is 18.2 Å². The number of carbonyl (C=O) groups is 1. The van der Waals surface area contributed by atoms with Crippen LogP contribution in [0.15, 0.2) is 18.2 Å². The number of amides is 1. The SMILES string of the molecule is CC1(C(N)c2ccc3c(c2)C(=O)NCCC3)CCCCC1. The largest absolute Gasteiger partial charge is 0.352 e. The van der Waals surface area contributed by atoms with E-state index in [0.717, 1.165) is 36.1 Å². The van der Waals surface area contributed by atoms with Gasteiger partial charge in [-0.3, -0.25) is 4.79 Å². The first-order valence-corrected chi connectivity index (χ1v) is 8.27. The van der Waals surface area contributed by atoms with Crippen molar-refractivity contribution in [3.63, 3.8) is 0 Å². The Morgan fingerprint density at radius 3 is 2.71 bits per heavy atom. The highest BCUT2D eigenvalue weighted by Crippen LogP contribution is 2.44. The molecular formula is C18H26N2O. The zero-order chi connectivity index (χ0) is 14.9. The van der Waals surface area contributed by atoms with Crippen LogP contribution in [0.1, 0.15) is 73.0 Å². The number of hydrogen-bond acceptors (Lipinski definition) is 2. The first kappa shape index (κ1) is 14.6. The van der Waals surface area contributed by atoms with Crippen molar-refractivity contribution in [2.24, 2.45) is 11.1 Å². The van der Waals surface area contributed by atoms with Gasteiger partial charge < -0.3 is 11.1 Å². The van der Waals surface area contributed by atoms with Crippen LogP contribution in [-0.4, -0.2) is 12.5 Å². The average molecular weight is 286 g/mol. The second-order valence-electron chi connectivity index (χ2n) is 6.97. The first-order chi connectivity index (χ1) is 10.1. The van der Waals surface area contributed by atoms with Crippen LogP contribution in [0, 0.1) is 5.41 Å². The molecule has 1 saturated carbocycles. The van der Waals surface area contributed by atoms with Gasteiger partial charge in [-0.2, -0.15) is 0 Å². The maximum Gasteiger partial charge on any atom is 0.251 e. The Morgan fingerprint density at radius 2 is 1.95 bits per heavy atom. The molecule has 1 aliphatic heterocycles. The zero-order valence-corrected chi connectivity index (χ0v) is 13.0. The molecule has 1 aromatic rings. The van der Waals surface area contributed by atoms with Crippen LogP contribution in [0.25, 0.3) is 0 Å². The minimum atomic E-state index is 0.0270. The molecule has 1 aliphatic carbocycles. The summed E-state index contributed by atoms with van der Waals surface area (Å²) in [4.78, 5) is 12.2. The summed E-state index contributed by atoms with van der Waals surface area (Å²) in [5, 5.41) is 2.98. The van der Waals surface area contributed by atoms with E-state index in [0.29, 0.717) is 0 Å². The topological polar surface area (TPSA) is 55.1 Å². The van der Waals surface area contributed by atoms with E-state index in [4.69, 9.17) is 5.73 Å². The van der Waals surface area contributed by atoms with E-state index in [-0.39, 0.29) is 17.4 Å². The molecule has 1 atom stereocenters. The maximum absolute atomic E-state index is 12.2. The second-order valence-corrected chi connectivity index (χ2v) is 6.97. The van der Waals surface area contributed by atoms with Crippen LogP contribution in [-0.2, 0) is 6.42 Å². The van der Waals surface area contributed by atoms with Gasteiger partial charge in [-0.1, -0.05) is 38.3 Å². The van der Waals surface area contributed by atoms with E-state index >= 15 is 0 Å². The number of aryl methyl sites for hydroxylation is 1. The Labute approximate surface area is 127 Å². The minimum Gasteiger partial charge on any atom is -0.352 e. The Bertz CT molecular complexity index is 532. The molecule has 0 saturated heterocycles. The molecule has 114 valence electrons. The molecule has 1 fully saturated rings. The molecule has 3 N–H and O–H groups in total. The predicted molar refractivity (Wildman–Crippen MR) is 85.2 cm³/mol. The van der Waals surface area contributed by atoms with E-state index in [9.17, 15) is 4.79 Å². The van der Waals surface area contributed by atoms with Crippen molar-refractivity contribution in [3.05, 3.63) is 34.9 Å². The lowest BCUT2D eigenvalue weighted by atomic mass is 9.69. The summed E-state index contributed by atoms with van der Waals surface area (Å²) < 4.78 is 0. The fourth-order valence-electron chi connectivity index (χ4n) is 3.87. The fraction of sp³-hybridized carbons (Fsp3) is 0.611. The lowest BCUT2D eigenvalue weighted by molar-refractivity contribution is 0.0955. The summed E-state index contributed by atoms with van der Waals surface area (Å²) in [5.74, 6) is 0.0605. The average Bonchev–Trinajstić information content (AvgIpc) is 2.69. The Morgan fingerprint density at radius 1 is 1.19 bits per heavy atom. The van der Waals surface area contributed by atoms with Crippen molar-refractivity contribution in [2.45, 2.75) is 57.9 Å². The molecule has 0 aromatic heterocycles. The summed E-state index contributed by atoms with van der Waals surface area (Å²) in [7, 11) is 0. The Kier molecular flexibility index (Phi) is 4.03. The summed E-state index contributed by atoms with van der Waals surface area (Å²) in [6, 6.07) is 6.32. The number of rotatable bonds is 2. The minimum absolute atomic E-state index is 0.0270. The molecule has 3 nitrogen and oxygen atoms in total. The van der Waals surface area contributed by atoms with Crippen molar-refractivity contribution < 1.29 is 4.79 Å². The smallest absolute Gasteiger partial charge is 0.251 e. The predicted octanol–water partition coefficient (Wildman–Crippen LogP) is 3.33. The molecule has 0 bridgehead atoms. The maximum atomic E-state index is 12.2. The number of hydrogen-bond donors (Lipinski definition) is 2. The molecule has 2 aliphatic rings. The molecule has 1 aromatic carbocycles. The third-order valence-corrected chi connectivity index (χ3v) is 5.39. The number of fused-ring (bicyclic) bond motifs is 1. The quantitative estimate of drug-likeness (QED) is 0.876. The van der Waals surface area contributed by atoms with Crippen molar-refractivity contribution in [2.75, 3.05) is 6.54 Å². The van der Waals surface area contributed by atoms with Crippen LogP contribution in [0.3, 0.4) is 0 Å². The van der Waals surface area contributed by atoms with Gasteiger partial charge in [-0.25, -0.2) is 0 Å². The lowest BCUT2D eigenvalue weighted by Crippen LogP contribution is -2.34. The van der Waals surface area contributed by atoms with Gasteiger partial charge in [0.05, 0.1) is 0 Å². The molecule has 3 heteroatoms. The van der Waals surface area contributed by atoms with Crippen LogP contribution in [0.2, 0.25) is 0 Å². The van der Waals surface area contributed by atoms with Crippen LogP contribution in [0.4, 0.5) is 0 Å². The summed E-state index contributed by atoms with van der Waals surface area (Å²) in [5.41, 5.74) is 9.88. The molecule has 1 amide bonds. The normalized spacial score (nSPS) is 22.9. The number of benzene rings is 1. The lowest BCUT2D eigenvalue weighted by Gasteiger charge is -2.39. The van der Waals surface area contributed by atoms with Gasteiger partial charge in [0.25, 0.3) is 5.91 Å². The van der Waals surface area contributed by atoms with Crippen LogP contribution >= 0.6 is 0 Å². The summed E-state index contributed by atoms with van der Waals surface area (Å²) in [6.07, 6.45) is 8.25. The van der Waals surface area contributed by atoms with Gasteiger partial charge in [0.1, 0.15) is 0 Å². The number of carbonyl (C=O) groups excluding carboxylic acids is 1.